The van der Waals surface area contributed by atoms with E-state index in [2.05, 4.69) is 24.4 Å². The Bertz CT molecular complexity index is 225. The van der Waals surface area contributed by atoms with Crippen molar-refractivity contribution in [3.05, 3.63) is 23.4 Å². The van der Waals surface area contributed by atoms with E-state index in [-0.39, 0.29) is 0 Å². The molecule has 1 unspecified atom stereocenters. The second kappa shape index (κ2) is 3.34. The van der Waals surface area contributed by atoms with Crippen LogP contribution in [-0.2, 0) is 0 Å². The number of hydrogen-bond acceptors (Lipinski definition) is 1. The number of hydrogen-bond donors (Lipinski definition) is 1. The third-order valence-electron chi connectivity index (χ3n) is 2.93. The second-order valence-electron chi connectivity index (χ2n) is 3.75. The topological polar surface area (TPSA) is 12.0 Å². The molecular weight excluding hydrogens is 146 g/mol. The standard InChI is InChI=1S/C11H17N/c1-2-10-8-7-9-5-3-4-6-11(9)12-10/h4,6,10,12H,2-3,5,7-8H2,1H3. The van der Waals surface area contributed by atoms with Crippen LogP contribution in [0.4, 0.5) is 0 Å². The van der Waals surface area contributed by atoms with Crippen LogP contribution >= 0.6 is 0 Å². The van der Waals surface area contributed by atoms with Gasteiger partial charge in [0.15, 0.2) is 0 Å². The highest BCUT2D eigenvalue weighted by atomic mass is 14.9. The minimum atomic E-state index is 0.728. The van der Waals surface area contributed by atoms with Gasteiger partial charge in [-0.05, 0) is 43.8 Å². The molecule has 0 aromatic heterocycles. The van der Waals surface area contributed by atoms with Crippen LogP contribution in [0, 0.1) is 0 Å². The van der Waals surface area contributed by atoms with Gasteiger partial charge in [-0.1, -0.05) is 13.0 Å². The van der Waals surface area contributed by atoms with E-state index in [9.17, 15) is 0 Å². The average Bonchev–Trinajstić information content (AvgIpc) is 2.17. The van der Waals surface area contributed by atoms with E-state index in [1.165, 1.54) is 37.8 Å². The molecule has 1 aliphatic heterocycles. The molecule has 1 aliphatic carbocycles. The van der Waals surface area contributed by atoms with Crippen LogP contribution in [0.25, 0.3) is 0 Å². The van der Waals surface area contributed by atoms with E-state index in [0.29, 0.717) is 0 Å². The molecule has 0 fully saturated rings. The van der Waals surface area contributed by atoms with Crippen LogP contribution in [0.1, 0.15) is 39.0 Å². The molecule has 1 atom stereocenters. The molecule has 12 heavy (non-hydrogen) atoms. The zero-order valence-corrected chi connectivity index (χ0v) is 7.77. The molecule has 2 rings (SSSR count). The Morgan fingerprint density at radius 3 is 3.25 bits per heavy atom. The summed E-state index contributed by atoms with van der Waals surface area (Å²) >= 11 is 0. The normalized spacial score (nSPS) is 28.2. The lowest BCUT2D eigenvalue weighted by atomic mass is 9.91. The summed E-state index contributed by atoms with van der Waals surface area (Å²) < 4.78 is 0. The maximum absolute atomic E-state index is 3.60. The molecule has 0 spiro atoms. The van der Waals surface area contributed by atoms with Gasteiger partial charge in [0.2, 0.25) is 0 Å². The fraction of sp³-hybridized carbons (Fsp3) is 0.636. The Balaban J connectivity index is 2.11. The molecular formula is C11H17N. The summed E-state index contributed by atoms with van der Waals surface area (Å²) in [5, 5.41) is 3.60. The van der Waals surface area contributed by atoms with Crippen LogP contribution in [0.5, 0.6) is 0 Å². The zero-order chi connectivity index (χ0) is 8.39. The van der Waals surface area contributed by atoms with Gasteiger partial charge in [-0.25, -0.2) is 0 Å². The summed E-state index contributed by atoms with van der Waals surface area (Å²) in [7, 11) is 0. The highest BCUT2D eigenvalue weighted by Crippen LogP contribution is 2.27. The van der Waals surface area contributed by atoms with Crippen LogP contribution < -0.4 is 5.32 Å². The molecule has 1 heteroatoms. The first-order valence-corrected chi connectivity index (χ1v) is 5.05. The minimum absolute atomic E-state index is 0.728. The molecule has 1 nitrogen and oxygen atoms in total. The van der Waals surface area contributed by atoms with Crippen LogP contribution in [0.15, 0.2) is 23.4 Å². The first kappa shape index (κ1) is 7.90. The predicted octanol–water partition coefficient (Wildman–Crippen LogP) is 2.75. The predicted molar refractivity (Wildman–Crippen MR) is 51.8 cm³/mol. The SMILES string of the molecule is CCC1CCC2=C(C=CCC2)N1. The molecule has 66 valence electrons. The lowest BCUT2D eigenvalue weighted by Crippen LogP contribution is -2.32. The van der Waals surface area contributed by atoms with Crippen molar-refractivity contribution in [2.75, 3.05) is 0 Å². The Morgan fingerprint density at radius 1 is 1.50 bits per heavy atom. The summed E-state index contributed by atoms with van der Waals surface area (Å²) in [6.07, 6.45) is 11.0. The zero-order valence-electron chi connectivity index (χ0n) is 7.77. The Hall–Kier alpha value is -0.720. The lowest BCUT2D eigenvalue weighted by molar-refractivity contribution is 0.477. The first-order valence-electron chi connectivity index (χ1n) is 5.05. The van der Waals surface area contributed by atoms with Crippen LogP contribution in [-0.4, -0.2) is 6.04 Å². The minimum Gasteiger partial charge on any atom is -0.382 e. The molecule has 0 radical (unpaired) electrons. The average molecular weight is 163 g/mol. The number of nitrogens with one attached hydrogen (secondary N) is 1. The van der Waals surface area contributed by atoms with Crippen molar-refractivity contribution in [2.45, 2.75) is 45.1 Å². The Labute approximate surface area is 74.5 Å². The summed E-state index contributed by atoms with van der Waals surface area (Å²) in [4.78, 5) is 0. The fourth-order valence-corrected chi connectivity index (χ4v) is 2.07. The van der Waals surface area contributed by atoms with Crippen molar-refractivity contribution in [3.63, 3.8) is 0 Å². The van der Waals surface area contributed by atoms with Gasteiger partial charge in [0.05, 0.1) is 0 Å². The van der Waals surface area contributed by atoms with Gasteiger partial charge in [0.1, 0.15) is 0 Å². The molecule has 0 saturated carbocycles. The summed E-state index contributed by atoms with van der Waals surface area (Å²) in [6, 6.07) is 0.728. The monoisotopic (exact) mass is 163 g/mol. The molecule has 0 amide bonds. The first-order chi connectivity index (χ1) is 5.90. The van der Waals surface area contributed by atoms with Crippen LogP contribution in [0.2, 0.25) is 0 Å². The van der Waals surface area contributed by atoms with Crippen molar-refractivity contribution >= 4 is 0 Å². The third-order valence-corrected chi connectivity index (χ3v) is 2.93. The highest BCUT2D eigenvalue weighted by Gasteiger charge is 2.18. The van der Waals surface area contributed by atoms with Gasteiger partial charge in [-0.15, -0.1) is 0 Å². The molecule has 0 bridgehead atoms. The van der Waals surface area contributed by atoms with E-state index in [1.807, 2.05) is 0 Å². The molecule has 0 saturated heterocycles. The largest absolute Gasteiger partial charge is 0.382 e. The second-order valence-corrected chi connectivity index (χ2v) is 3.75. The summed E-state index contributed by atoms with van der Waals surface area (Å²) in [5.41, 5.74) is 3.08. The van der Waals surface area contributed by atoms with E-state index in [0.717, 1.165) is 6.04 Å². The summed E-state index contributed by atoms with van der Waals surface area (Å²) in [6.45, 7) is 2.26. The van der Waals surface area contributed by atoms with E-state index < -0.39 is 0 Å². The van der Waals surface area contributed by atoms with Gasteiger partial charge >= 0.3 is 0 Å². The smallest absolute Gasteiger partial charge is 0.0331 e. The van der Waals surface area contributed by atoms with Crippen molar-refractivity contribution in [1.29, 1.82) is 0 Å². The van der Waals surface area contributed by atoms with E-state index >= 15 is 0 Å². The molecule has 2 aliphatic rings. The van der Waals surface area contributed by atoms with Crippen LogP contribution in [0.3, 0.4) is 0 Å². The van der Waals surface area contributed by atoms with Gasteiger partial charge in [-0.3, -0.25) is 0 Å². The van der Waals surface area contributed by atoms with Crippen molar-refractivity contribution in [2.24, 2.45) is 0 Å². The van der Waals surface area contributed by atoms with Gasteiger partial charge in [0, 0.05) is 11.7 Å². The van der Waals surface area contributed by atoms with E-state index in [1.54, 1.807) is 5.57 Å². The maximum atomic E-state index is 3.60. The number of rotatable bonds is 1. The van der Waals surface area contributed by atoms with Gasteiger partial charge < -0.3 is 5.32 Å². The Morgan fingerprint density at radius 2 is 2.42 bits per heavy atom. The van der Waals surface area contributed by atoms with Crippen molar-refractivity contribution in [1.82, 2.24) is 5.32 Å². The third kappa shape index (κ3) is 1.40. The molecule has 1 heterocycles. The fourth-order valence-electron chi connectivity index (χ4n) is 2.07. The summed E-state index contributed by atoms with van der Waals surface area (Å²) in [5.74, 6) is 0. The van der Waals surface area contributed by atoms with Crippen molar-refractivity contribution < 1.29 is 0 Å². The van der Waals surface area contributed by atoms with E-state index in [4.69, 9.17) is 0 Å². The molecule has 1 N–H and O–H groups in total. The van der Waals surface area contributed by atoms with Crippen molar-refractivity contribution in [3.8, 4) is 0 Å². The number of allylic oxidation sites excluding steroid dienone is 3. The molecule has 0 aromatic carbocycles. The molecule has 0 aromatic rings. The maximum Gasteiger partial charge on any atom is 0.0331 e. The lowest BCUT2D eigenvalue weighted by Gasteiger charge is -2.29. The van der Waals surface area contributed by atoms with Gasteiger partial charge in [-0.2, -0.15) is 0 Å². The quantitative estimate of drug-likeness (QED) is 0.626. The highest BCUT2D eigenvalue weighted by molar-refractivity contribution is 5.30. The Kier molecular flexibility index (Phi) is 2.20. The van der Waals surface area contributed by atoms with Gasteiger partial charge in [0.25, 0.3) is 0 Å².